The van der Waals surface area contributed by atoms with Gasteiger partial charge >= 0.3 is 6.09 Å². The van der Waals surface area contributed by atoms with E-state index >= 15 is 0 Å². The first kappa shape index (κ1) is 18.7. The second kappa shape index (κ2) is 9.00. The van der Waals surface area contributed by atoms with E-state index in [1.165, 1.54) is 6.08 Å². The Morgan fingerprint density at radius 1 is 1.28 bits per heavy atom. The molecule has 1 fully saturated rings. The van der Waals surface area contributed by atoms with Crippen molar-refractivity contribution >= 4 is 11.9 Å². The molecule has 1 aliphatic rings. The molecule has 0 N–H and O–H groups in total. The molecule has 1 saturated heterocycles. The molecule has 0 radical (unpaired) electrons. The third-order valence-electron chi connectivity index (χ3n) is 4.33. The highest BCUT2D eigenvalue weighted by Crippen LogP contribution is 2.26. The number of amides is 1. The fourth-order valence-electron chi connectivity index (χ4n) is 2.94. The zero-order valence-corrected chi connectivity index (χ0v) is 14.5. The van der Waals surface area contributed by atoms with E-state index < -0.39 is 0 Å². The summed E-state index contributed by atoms with van der Waals surface area (Å²) in [6.07, 6.45) is 1.37. The summed E-state index contributed by atoms with van der Waals surface area (Å²) >= 11 is 0. The maximum Gasteiger partial charge on any atom is 0.409 e. The first-order chi connectivity index (χ1) is 12.1. The van der Waals surface area contributed by atoms with Crippen molar-refractivity contribution in [2.24, 2.45) is 0 Å². The number of rotatable bonds is 6. The third kappa shape index (κ3) is 4.91. The highest BCUT2D eigenvalue weighted by Gasteiger charge is 2.28. The van der Waals surface area contributed by atoms with Gasteiger partial charge in [-0.1, -0.05) is 18.7 Å². The zero-order valence-electron chi connectivity index (χ0n) is 14.5. The summed E-state index contributed by atoms with van der Waals surface area (Å²) in [5.41, 5.74) is 1.57. The number of carbonyl (C=O) groups excluding carboxylic acids is 2. The van der Waals surface area contributed by atoms with Crippen molar-refractivity contribution in [3.63, 3.8) is 0 Å². The van der Waals surface area contributed by atoms with Gasteiger partial charge in [0.2, 0.25) is 0 Å². The minimum atomic E-state index is -0.292. The molecule has 0 saturated carbocycles. The molecule has 1 heterocycles. The highest BCUT2D eigenvalue weighted by molar-refractivity contribution is 5.89. The Balaban J connectivity index is 2.11. The van der Waals surface area contributed by atoms with E-state index in [1.54, 1.807) is 24.0 Å². The summed E-state index contributed by atoms with van der Waals surface area (Å²) in [6, 6.07) is 9.30. The number of carbonyl (C=O) groups is 2. The number of nitriles is 1. The smallest absolute Gasteiger partial charge is 0.409 e. The van der Waals surface area contributed by atoms with E-state index in [9.17, 15) is 9.59 Å². The minimum Gasteiger partial charge on any atom is -0.450 e. The molecule has 1 atom stereocenters. The predicted molar refractivity (Wildman–Crippen MR) is 93.9 cm³/mol. The lowest BCUT2D eigenvalue weighted by atomic mass is 9.98. The van der Waals surface area contributed by atoms with Crippen LogP contribution >= 0.6 is 0 Å². The largest absolute Gasteiger partial charge is 0.450 e. The van der Waals surface area contributed by atoms with Gasteiger partial charge in [-0.2, -0.15) is 5.26 Å². The molecule has 6 heteroatoms. The van der Waals surface area contributed by atoms with Crippen molar-refractivity contribution in [1.29, 1.82) is 5.26 Å². The second-order valence-corrected chi connectivity index (χ2v) is 5.85. The molecule has 6 nitrogen and oxygen atoms in total. The summed E-state index contributed by atoms with van der Waals surface area (Å²) < 4.78 is 5.04. The van der Waals surface area contributed by atoms with E-state index in [1.807, 2.05) is 12.1 Å². The van der Waals surface area contributed by atoms with Gasteiger partial charge in [-0.3, -0.25) is 9.69 Å². The lowest BCUT2D eigenvalue weighted by Gasteiger charge is -2.38. The second-order valence-electron chi connectivity index (χ2n) is 5.85. The van der Waals surface area contributed by atoms with E-state index in [4.69, 9.17) is 10.00 Å². The highest BCUT2D eigenvalue weighted by atomic mass is 16.6. The number of hydrogen-bond donors (Lipinski definition) is 0. The SMILES string of the molecule is C=CC(=O)C[C@@H](c1ccc(C#N)cc1)N1CCN(C(=O)OCC)CC1. The van der Waals surface area contributed by atoms with Crippen molar-refractivity contribution in [2.75, 3.05) is 32.8 Å². The minimum absolute atomic E-state index is 0.0258. The molecule has 0 bridgehead atoms. The average Bonchev–Trinajstić information content (AvgIpc) is 2.66. The van der Waals surface area contributed by atoms with Gasteiger partial charge in [-0.15, -0.1) is 0 Å². The number of nitrogens with zero attached hydrogens (tertiary/aromatic N) is 3. The number of allylic oxidation sites excluding steroid dienone is 1. The van der Waals surface area contributed by atoms with Gasteiger partial charge in [0.15, 0.2) is 5.78 Å². The van der Waals surface area contributed by atoms with Crippen molar-refractivity contribution in [2.45, 2.75) is 19.4 Å². The zero-order chi connectivity index (χ0) is 18.2. The van der Waals surface area contributed by atoms with Crippen LogP contribution < -0.4 is 0 Å². The van der Waals surface area contributed by atoms with Gasteiger partial charge < -0.3 is 9.64 Å². The Kier molecular flexibility index (Phi) is 6.72. The van der Waals surface area contributed by atoms with Gasteiger partial charge in [0.05, 0.1) is 18.2 Å². The van der Waals surface area contributed by atoms with E-state index in [2.05, 4.69) is 17.5 Å². The molecule has 25 heavy (non-hydrogen) atoms. The van der Waals surface area contributed by atoms with Gasteiger partial charge in [0, 0.05) is 38.6 Å². The maximum atomic E-state index is 11.9. The molecule has 1 aromatic rings. The number of ether oxygens (including phenoxy) is 1. The van der Waals surface area contributed by atoms with Crippen LogP contribution in [0.15, 0.2) is 36.9 Å². The quantitative estimate of drug-likeness (QED) is 0.743. The molecule has 0 spiro atoms. The first-order valence-corrected chi connectivity index (χ1v) is 8.40. The van der Waals surface area contributed by atoms with Gasteiger partial charge in [0.1, 0.15) is 0 Å². The van der Waals surface area contributed by atoms with Crippen LogP contribution in [-0.2, 0) is 9.53 Å². The normalized spacial score (nSPS) is 15.9. The molecule has 1 aromatic carbocycles. The Morgan fingerprint density at radius 3 is 2.44 bits per heavy atom. The fraction of sp³-hybridized carbons (Fsp3) is 0.421. The van der Waals surface area contributed by atoms with Gasteiger partial charge in [-0.05, 0) is 30.7 Å². The van der Waals surface area contributed by atoms with Crippen LogP contribution in [-0.4, -0.2) is 54.5 Å². The number of ketones is 1. The van der Waals surface area contributed by atoms with E-state index in [0.717, 1.165) is 5.56 Å². The fourth-order valence-corrected chi connectivity index (χ4v) is 2.94. The summed E-state index contributed by atoms with van der Waals surface area (Å²) in [5, 5.41) is 8.95. The molecule has 1 amide bonds. The molecule has 0 aromatic heterocycles. The Labute approximate surface area is 148 Å². The van der Waals surface area contributed by atoms with Crippen molar-refractivity contribution in [3.05, 3.63) is 48.0 Å². The monoisotopic (exact) mass is 341 g/mol. The van der Waals surface area contributed by atoms with Crippen LogP contribution in [0.4, 0.5) is 4.79 Å². The van der Waals surface area contributed by atoms with Crippen LogP contribution in [0.3, 0.4) is 0 Å². The molecule has 0 unspecified atom stereocenters. The van der Waals surface area contributed by atoms with Crippen LogP contribution in [0.5, 0.6) is 0 Å². The van der Waals surface area contributed by atoms with Gasteiger partial charge in [0.25, 0.3) is 0 Å². The molecule has 1 aliphatic heterocycles. The van der Waals surface area contributed by atoms with Crippen LogP contribution in [0.25, 0.3) is 0 Å². The van der Waals surface area contributed by atoms with Crippen LogP contribution in [0.1, 0.15) is 30.5 Å². The van der Waals surface area contributed by atoms with E-state index in [0.29, 0.717) is 44.8 Å². The summed E-state index contributed by atoms with van der Waals surface area (Å²) in [7, 11) is 0. The summed E-state index contributed by atoms with van der Waals surface area (Å²) in [6.45, 7) is 8.15. The first-order valence-electron chi connectivity index (χ1n) is 8.40. The standard InChI is InChI=1S/C19H23N3O3/c1-3-17(23)13-18(16-7-5-15(14-20)6-8-16)21-9-11-22(12-10-21)19(24)25-4-2/h3,5-8,18H,1,4,9-13H2,2H3/t18-/m0/s1. The molecule has 2 rings (SSSR count). The number of hydrogen-bond acceptors (Lipinski definition) is 5. The third-order valence-corrected chi connectivity index (χ3v) is 4.33. The van der Waals surface area contributed by atoms with E-state index in [-0.39, 0.29) is 17.9 Å². The number of benzene rings is 1. The summed E-state index contributed by atoms with van der Waals surface area (Å²) in [4.78, 5) is 27.6. The molecular weight excluding hydrogens is 318 g/mol. The topological polar surface area (TPSA) is 73.6 Å². The Morgan fingerprint density at radius 2 is 1.92 bits per heavy atom. The van der Waals surface area contributed by atoms with Crippen molar-refractivity contribution < 1.29 is 14.3 Å². The summed E-state index contributed by atoms with van der Waals surface area (Å²) in [5.74, 6) is -0.0258. The van der Waals surface area contributed by atoms with Crippen molar-refractivity contribution in [1.82, 2.24) is 9.80 Å². The molecule has 132 valence electrons. The number of piperazine rings is 1. The molecular formula is C19H23N3O3. The average molecular weight is 341 g/mol. The lowest BCUT2D eigenvalue weighted by molar-refractivity contribution is -0.116. The predicted octanol–water partition coefficient (Wildman–Crippen LogP) is 2.52. The maximum absolute atomic E-state index is 11.9. The van der Waals surface area contributed by atoms with Crippen molar-refractivity contribution in [3.8, 4) is 6.07 Å². The Hall–Kier alpha value is -2.65. The Bertz CT molecular complexity index is 655. The van der Waals surface area contributed by atoms with Gasteiger partial charge in [-0.25, -0.2) is 4.79 Å². The molecule has 0 aliphatic carbocycles. The van der Waals surface area contributed by atoms with Crippen LogP contribution in [0.2, 0.25) is 0 Å². The lowest BCUT2D eigenvalue weighted by Crippen LogP contribution is -2.50. The van der Waals surface area contributed by atoms with Crippen LogP contribution in [0, 0.1) is 11.3 Å².